The van der Waals surface area contributed by atoms with Gasteiger partial charge in [-0.3, -0.25) is 0 Å². The Hall–Kier alpha value is -0.840. The highest BCUT2D eigenvalue weighted by atomic mass is 16.8. The molecule has 11 N–H and O–H groups in total. The summed E-state index contributed by atoms with van der Waals surface area (Å²) in [5.74, 6) is 0. The molecule has 20 unspecified atom stereocenters. The molecule has 0 bridgehead atoms. The Balaban J connectivity index is 1.45. The SMILES string of the molecule is CCOC1C(CO)OC(OC2C(COC3OC(CO)C(OC4OC(CO)C(OCC)C(O)C4O)C(O)C3O)OC(OC)C(O)C2O)C(O)C1O. The minimum Gasteiger partial charge on any atom is -0.394 e. The van der Waals surface area contributed by atoms with Crippen LogP contribution in [0.4, 0.5) is 0 Å². The molecule has 294 valence electrons. The van der Waals surface area contributed by atoms with Crippen LogP contribution in [0.3, 0.4) is 0 Å². The highest BCUT2D eigenvalue weighted by molar-refractivity contribution is 4.97. The van der Waals surface area contributed by atoms with Gasteiger partial charge in [-0.25, -0.2) is 0 Å². The molecular weight excluding hydrogens is 684 g/mol. The zero-order chi connectivity index (χ0) is 36.9. The molecule has 0 aromatic rings. The monoisotopic (exact) mass is 736 g/mol. The maximum atomic E-state index is 11.0. The lowest BCUT2D eigenvalue weighted by molar-refractivity contribution is -0.374. The van der Waals surface area contributed by atoms with E-state index in [1.165, 1.54) is 7.11 Å². The molecule has 0 radical (unpaired) electrons. The van der Waals surface area contributed by atoms with Crippen molar-refractivity contribution in [2.75, 3.05) is 46.8 Å². The van der Waals surface area contributed by atoms with Crippen LogP contribution >= 0.6 is 0 Å². The second-order valence-corrected chi connectivity index (χ2v) is 12.3. The number of hydrogen-bond donors (Lipinski definition) is 11. The highest BCUT2D eigenvalue weighted by Crippen LogP contribution is 2.33. The van der Waals surface area contributed by atoms with E-state index in [1.807, 2.05) is 0 Å². The minimum absolute atomic E-state index is 0.130. The van der Waals surface area contributed by atoms with Crippen molar-refractivity contribution >= 4 is 0 Å². The number of methoxy groups -OCH3 is 1. The predicted molar refractivity (Wildman–Crippen MR) is 157 cm³/mol. The molecule has 0 aromatic heterocycles. The number of aliphatic hydroxyl groups is 11. The first kappa shape index (κ1) is 41.9. The summed E-state index contributed by atoms with van der Waals surface area (Å²) in [7, 11) is 1.19. The van der Waals surface area contributed by atoms with E-state index in [0.717, 1.165) is 0 Å². The third-order valence-electron chi connectivity index (χ3n) is 9.06. The van der Waals surface area contributed by atoms with Crippen LogP contribution in [-0.4, -0.2) is 226 Å². The zero-order valence-electron chi connectivity index (χ0n) is 27.8. The van der Waals surface area contributed by atoms with Crippen LogP contribution in [0.2, 0.25) is 0 Å². The summed E-state index contributed by atoms with van der Waals surface area (Å²) in [6, 6.07) is 0. The Bertz CT molecular complexity index is 993. The Morgan fingerprint density at radius 3 is 1.18 bits per heavy atom. The summed E-state index contributed by atoms with van der Waals surface area (Å²) in [5.41, 5.74) is 0. The quantitative estimate of drug-likeness (QED) is 0.0744. The fraction of sp³-hybridized carbons (Fsp3) is 1.00. The largest absolute Gasteiger partial charge is 0.394 e. The average molecular weight is 737 g/mol. The molecule has 0 aliphatic carbocycles. The Morgan fingerprint density at radius 2 is 0.760 bits per heavy atom. The smallest absolute Gasteiger partial charge is 0.187 e. The van der Waals surface area contributed by atoms with Crippen LogP contribution in [-0.2, 0) is 47.4 Å². The third-order valence-corrected chi connectivity index (χ3v) is 9.06. The van der Waals surface area contributed by atoms with Gasteiger partial charge in [-0.2, -0.15) is 0 Å². The number of rotatable bonds is 15. The van der Waals surface area contributed by atoms with Gasteiger partial charge in [-0.05, 0) is 13.8 Å². The van der Waals surface area contributed by atoms with Gasteiger partial charge in [0.05, 0.1) is 26.4 Å². The van der Waals surface area contributed by atoms with E-state index in [-0.39, 0.29) is 13.2 Å². The van der Waals surface area contributed by atoms with Crippen molar-refractivity contribution in [3.05, 3.63) is 0 Å². The molecule has 4 heterocycles. The summed E-state index contributed by atoms with van der Waals surface area (Å²) in [6.07, 6.45) is -30.6. The van der Waals surface area contributed by atoms with Crippen molar-refractivity contribution in [2.45, 2.75) is 137 Å². The fourth-order valence-corrected chi connectivity index (χ4v) is 6.39. The van der Waals surface area contributed by atoms with Crippen molar-refractivity contribution in [3.8, 4) is 0 Å². The molecule has 21 nitrogen and oxygen atoms in total. The van der Waals surface area contributed by atoms with Crippen LogP contribution in [0.5, 0.6) is 0 Å². The lowest BCUT2D eigenvalue weighted by atomic mass is 9.96. The molecule has 4 aliphatic heterocycles. The standard InChI is InChI=1S/C29H52O21/c1-4-42-22-10(6-30)46-28(20(39)14(22)33)49-24-12(8-32)45-27(19(38)17(24)36)44-9-13-25(16(35)18(37)26(41-3)48-13)50-29-21(40)15(34)23(43-5-2)11(7-31)47-29/h10-40H,4-9H2,1-3H3. The Morgan fingerprint density at radius 1 is 0.420 bits per heavy atom. The first-order valence-electron chi connectivity index (χ1n) is 16.4. The Labute approximate surface area is 287 Å². The van der Waals surface area contributed by atoms with E-state index < -0.39 is 149 Å². The second kappa shape index (κ2) is 19.0. The fourth-order valence-electron chi connectivity index (χ4n) is 6.39. The van der Waals surface area contributed by atoms with Gasteiger partial charge in [-0.15, -0.1) is 0 Å². The van der Waals surface area contributed by atoms with E-state index in [2.05, 4.69) is 0 Å². The van der Waals surface area contributed by atoms with Gasteiger partial charge < -0.3 is 104 Å². The van der Waals surface area contributed by atoms with Gasteiger partial charge in [-0.1, -0.05) is 0 Å². The van der Waals surface area contributed by atoms with E-state index in [0.29, 0.717) is 0 Å². The third kappa shape index (κ3) is 8.92. The maximum absolute atomic E-state index is 11.0. The van der Waals surface area contributed by atoms with Crippen molar-refractivity contribution in [3.63, 3.8) is 0 Å². The number of ether oxygens (including phenoxy) is 10. The van der Waals surface area contributed by atoms with Gasteiger partial charge in [0.25, 0.3) is 0 Å². The van der Waals surface area contributed by atoms with Gasteiger partial charge in [0.1, 0.15) is 97.7 Å². The molecule has 0 spiro atoms. The van der Waals surface area contributed by atoms with Crippen LogP contribution in [0.15, 0.2) is 0 Å². The summed E-state index contributed by atoms with van der Waals surface area (Å²) in [5, 5.41) is 116. The summed E-state index contributed by atoms with van der Waals surface area (Å²) >= 11 is 0. The first-order chi connectivity index (χ1) is 23.9. The van der Waals surface area contributed by atoms with Gasteiger partial charge in [0.2, 0.25) is 0 Å². The van der Waals surface area contributed by atoms with E-state index in [4.69, 9.17) is 47.4 Å². The maximum Gasteiger partial charge on any atom is 0.187 e. The van der Waals surface area contributed by atoms with Crippen LogP contribution in [0.25, 0.3) is 0 Å². The van der Waals surface area contributed by atoms with Crippen LogP contribution in [0, 0.1) is 0 Å². The van der Waals surface area contributed by atoms with Crippen molar-refractivity contribution in [2.24, 2.45) is 0 Å². The van der Waals surface area contributed by atoms with Crippen LogP contribution in [0.1, 0.15) is 13.8 Å². The topological polar surface area (TPSA) is 315 Å². The molecule has 0 saturated carbocycles. The van der Waals surface area contributed by atoms with Gasteiger partial charge in [0.15, 0.2) is 25.2 Å². The zero-order valence-corrected chi connectivity index (χ0v) is 27.8. The predicted octanol–water partition coefficient (Wildman–Crippen LogP) is -7.01. The second-order valence-electron chi connectivity index (χ2n) is 12.3. The van der Waals surface area contributed by atoms with Crippen molar-refractivity contribution in [1.29, 1.82) is 0 Å². The molecule has 0 aromatic carbocycles. The van der Waals surface area contributed by atoms with E-state index in [1.54, 1.807) is 13.8 Å². The molecule has 20 atom stereocenters. The molecule has 0 amide bonds. The normalized spacial score (nSPS) is 48.8. The van der Waals surface area contributed by atoms with Crippen molar-refractivity contribution in [1.82, 2.24) is 0 Å². The van der Waals surface area contributed by atoms with Gasteiger partial charge in [0, 0.05) is 20.3 Å². The van der Waals surface area contributed by atoms with Gasteiger partial charge >= 0.3 is 0 Å². The first-order valence-corrected chi connectivity index (χ1v) is 16.4. The van der Waals surface area contributed by atoms with E-state index >= 15 is 0 Å². The lowest BCUT2D eigenvalue weighted by Crippen LogP contribution is -2.66. The molecule has 21 heteroatoms. The molecule has 50 heavy (non-hydrogen) atoms. The molecular formula is C29H52O21. The Kier molecular flexibility index (Phi) is 15.9. The summed E-state index contributed by atoms with van der Waals surface area (Å²) in [4.78, 5) is 0. The number of aliphatic hydroxyl groups excluding tert-OH is 11. The van der Waals surface area contributed by atoms with Crippen LogP contribution < -0.4 is 0 Å². The minimum atomic E-state index is -1.88. The lowest BCUT2D eigenvalue weighted by Gasteiger charge is -2.48. The molecule has 4 aliphatic rings. The summed E-state index contributed by atoms with van der Waals surface area (Å²) < 4.78 is 55.5. The summed E-state index contributed by atoms with van der Waals surface area (Å²) in [6.45, 7) is 0.890. The molecule has 4 saturated heterocycles. The average Bonchev–Trinajstić information content (AvgIpc) is 3.11. The highest BCUT2D eigenvalue weighted by Gasteiger charge is 2.54. The van der Waals surface area contributed by atoms with E-state index in [9.17, 15) is 56.2 Å². The molecule has 4 fully saturated rings. The number of hydrogen-bond acceptors (Lipinski definition) is 21. The molecule has 4 rings (SSSR count). The van der Waals surface area contributed by atoms with Crippen molar-refractivity contribution < 1.29 is 104 Å².